The number of halogens is 3. The number of rotatable bonds is 8. The van der Waals surface area contributed by atoms with Crippen molar-refractivity contribution in [3.63, 3.8) is 0 Å². The molecule has 8 heteroatoms. The first-order valence-corrected chi connectivity index (χ1v) is 8.86. The smallest absolute Gasteiger partial charge is 0.357 e. The molecule has 0 unspecified atom stereocenters. The SMILES string of the molecule is CCNC(=NCc1ccc(C(F)(F)F)cc1)NCCCC(=O)NC1CC1. The van der Waals surface area contributed by atoms with Crippen LogP contribution in [0.1, 0.15) is 43.7 Å². The molecule has 1 saturated carbocycles. The fourth-order valence-electron chi connectivity index (χ4n) is 2.29. The molecule has 0 radical (unpaired) electrons. The van der Waals surface area contributed by atoms with Crippen LogP contribution in [0.2, 0.25) is 0 Å². The largest absolute Gasteiger partial charge is 0.416 e. The molecule has 26 heavy (non-hydrogen) atoms. The highest BCUT2D eigenvalue weighted by Gasteiger charge is 2.29. The van der Waals surface area contributed by atoms with E-state index in [9.17, 15) is 18.0 Å². The molecule has 0 heterocycles. The van der Waals surface area contributed by atoms with Crippen LogP contribution in [0.5, 0.6) is 0 Å². The van der Waals surface area contributed by atoms with Gasteiger partial charge in [0.25, 0.3) is 0 Å². The van der Waals surface area contributed by atoms with E-state index in [1.807, 2.05) is 6.92 Å². The zero-order chi connectivity index (χ0) is 19.0. The fraction of sp³-hybridized carbons (Fsp3) is 0.556. The number of benzene rings is 1. The second kappa shape index (κ2) is 9.45. The van der Waals surface area contributed by atoms with Gasteiger partial charge in [-0.3, -0.25) is 4.79 Å². The highest BCUT2D eigenvalue weighted by atomic mass is 19.4. The summed E-state index contributed by atoms with van der Waals surface area (Å²) in [5, 5.41) is 9.14. The summed E-state index contributed by atoms with van der Waals surface area (Å²) in [5.74, 6) is 0.649. The third-order valence-corrected chi connectivity index (χ3v) is 3.86. The lowest BCUT2D eigenvalue weighted by Gasteiger charge is -2.11. The van der Waals surface area contributed by atoms with Crippen LogP contribution >= 0.6 is 0 Å². The zero-order valence-corrected chi connectivity index (χ0v) is 14.8. The molecule has 0 bridgehead atoms. The van der Waals surface area contributed by atoms with Gasteiger partial charge in [-0.1, -0.05) is 12.1 Å². The Bertz CT molecular complexity index is 610. The van der Waals surface area contributed by atoms with Gasteiger partial charge in [0.15, 0.2) is 5.96 Å². The second-order valence-corrected chi connectivity index (χ2v) is 6.26. The minimum atomic E-state index is -4.33. The molecule has 1 fully saturated rings. The third-order valence-electron chi connectivity index (χ3n) is 3.86. The van der Waals surface area contributed by atoms with Gasteiger partial charge in [0.1, 0.15) is 0 Å². The summed E-state index contributed by atoms with van der Waals surface area (Å²) in [6.45, 7) is 3.46. The molecule has 1 aromatic rings. The van der Waals surface area contributed by atoms with Crippen LogP contribution < -0.4 is 16.0 Å². The first kappa shape index (κ1) is 20.1. The Morgan fingerprint density at radius 1 is 1.19 bits per heavy atom. The monoisotopic (exact) mass is 370 g/mol. The molecule has 5 nitrogen and oxygen atoms in total. The van der Waals surface area contributed by atoms with Gasteiger partial charge < -0.3 is 16.0 Å². The number of carbonyl (C=O) groups excluding carboxylic acids is 1. The molecule has 0 saturated heterocycles. The van der Waals surface area contributed by atoms with Crippen molar-refractivity contribution in [2.45, 2.75) is 51.4 Å². The van der Waals surface area contributed by atoms with E-state index in [1.165, 1.54) is 12.1 Å². The molecule has 0 aromatic heterocycles. The number of hydrogen-bond acceptors (Lipinski definition) is 2. The lowest BCUT2D eigenvalue weighted by atomic mass is 10.1. The molecular formula is C18H25F3N4O. The Hall–Kier alpha value is -2.25. The maximum atomic E-state index is 12.6. The summed E-state index contributed by atoms with van der Waals surface area (Å²) in [7, 11) is 0. The van der Waals surface area contributed by atoms with E-state index < -0.39 is 11.7 Å². The van der Waals surface area contributed by atoms with Gasteiger partial charge in [-0.25, -0.2) is 4.99 Å². The number of amides is 1. The number of guanidine groups is 1. The van der Waals surface area contributed by atoms with Crippen LogP contribution in [0.15, 0.2) is 29.3 Å². The number of nitrogens with one attached hydrogen (secondary N) is 3. The van der Waals surface area contributed by atoms with Crippen molar-refractivity contribution >= 4 is 11.9 Å². The molecule has 0 spiro atoms. The highest BCUT2D eigenvalue weighted by molar-refractivity contribution is 5.80. The van der Waals surface area contributed by atoms with Gasteiger partial charge in [-0.15, -0.1) is 0 Å². The van der Waals surface area contributed by atoms with E-state index >= 15 is 0 Å². The number of nitrogens with zero attached hydrogens (tertiary/aromatic N) is 1. The second-order valence-electron chi connectivity index (χ2n) is 6.26. The van der Waals surface area contributed by atoms with Crippen molar-refractivity contribution in [3.8, 4) is 0 Å². The van der Waals surface area contributed by atoms with E-state index in [0.29, 0.717) is 43.5 Å². The van der Waals surface area contributed by atoms with Gasteiger partial charge in [0.05, 0.1) is 12.1 Å². The Kier molecular flexibility index (Phi) is 7.29. The molecule has 1 aliphatic carbocycles. The predicted octanol–water partition coefficient (Wildman–Crippen LogP) is 2.82. The van der Waals surface area contributed by atoms with E-state index in [1.54, 1.807) is 0 Å². The van der Waals surface area contributed by atoms with E-state index in [4.69, 9.17) is 0 Å². The van der Waals surface area contributed by atoms with Gasteiger partial charge in [-0.2, -0.15) is 13.2 Å². The first-order valence-electron chi connectivity index (χ1n) is 8.86. The predicted molar refractivity (Wildman–Crippen MR) is 94.7 cm³/mol. The van der Waals surface area contributed by atoms with Crippen LogP contribution in [0.3, 0.4) is 0 Å². The summed E-state index contributed by atoms with van der Waals surface area (Å²) in [6, 6.07) is 5.35. The summed E-state index contributed by atoms with van der Waals surface area (Å²) >= 11 is 0. The lowest BCUT2D eigenvalue weighted by molar-refractivity contribution is -0.137. The number of aliphatic imine (C=N–C) groups is 1. The molecule has 144 valence electrons. The average molecular weight is 370 g/mol. The average Bonchev–Trinajstić information content (AvgIpc) is 3.40. The van der Waals surface area contributed by atoms with Crippen molar-refractivity contribution in [3.05, 3.63) is 35.4 Å². The van der Waals surface area contributed by atoms with Crippen molar-refractivity contribution in [2.24, 2.45) is 4.99 Å². The van der Waals surface area contributed by atoms with E-state index in [-0.39, 0.29) is 12.5 Å². The van der Waals surface area contributed by atoms with Crippen molar-refractivity contribution < 1.29 is 18.0 Å². The van der Waals surface area contributed by atoms with Crippen molar-refractivity contribution in [1.29, 1.82) is 0 Å². The quantitative estimate of drug-likeness (QED) is 0.375. The number of alkyl halides is 3. The summed E-state index contributed by atoms with van der Waals surface area (Å²) < 4.78 is 37.7. The van der Waals surface area contributed by atoms with Crippen LogP contribution in [0.4, 0.5) is 13.2 Å². The summed E-state index contributed by atoms with van der Waals surface area (Å²) in [4.78, 5) is 16.0. The van der Waals surface area contributed by atoms with Crippen LogP contribution in [-0.4, -0.2) is 31.0 Å². The fourth-order valence-corrected chi connectivity index (χ4v) is 2.29. The third kappa shape index (κ3) is 7.33. The van der Waals surface area contributed by atoms with Crippen LogP contribution in [0, 0.1) is 0 Å². The molecular weight excluding hydrogens is 345 g/mol. The Labute approximate surface area is 151 Å². The van der Waals surface area contributed by atoms with Gasteiger partial charge in [0, 0.05) is 25.6 Å². The number of carbonyl (C=O) groups is 1. The first-order chi connectivity index (χ1) is 12.4. The normalized spacial score (nSPS) is 14.8. The van der Waals surface area contributed by atoms with Crippen LogP contribution in [0.25, 0.3) is 0 Å². The minimum Gasteiger partial charge on any atom is -0.357 e. The van der Waals surface area contributed by atoms with Crippen molar-refractivity contribution in [1.82, 2.24) is 16.0 Å². The van der Waals surface area contributed by atoms with Gasteiger partial charge in [-0.05, 0) is 43.9 Å². The zero-order valence-electron chi connectivity index (χ0n) is 14.8. The van der Waals surface area contributed by atoms with Crippen molar-refractivity contribution in [2.75, 3.05) is 13.1 Å². The van der Waals surface area contributed by atoms with E-state index in [2.05, 4.69) is 20.9 Å². The number of hydrogen-bond donors (Lipinski definition) is 3. The topological polar surface area (TPSA) is 65.5 Å². The molecule has 0 atom stereocenters. The highest BCUT2D eigenvalue weighted by Crippen LogP contribution is 2.29. The summed E-state index contributed by atoms with van der Waals surface area (Å²) in [5.41, 5.74) is 0.0266. The van der Waals surface area contributed by atoms with Gasteiger partial charge >= 0.3 is 6.18 Å². The molecule has 3 N–H and O–H groups in total. The maximum absolute atomic E-state index is 12.6. The Morgan fingerprint density at radius 3 is 2.46 bits per heavy atom. The summed E-state index contributed by atoms with van der Waals surface area (Å²) in [6.07, 6.45) is -1.04. The van der Waals surface area contributed by atoms with E-state index in [0.717, 1.165) is 25.0 Å². The molecule has 1 amide bonds. The molecule has 2 rings (SSSR count). The van der Waals surface area contributed by atoms with Crippen LogP contribution in [-0.2, 0) is 17.5 Å². The molecule has 1 aromatic carbocycles. The van der Waals surface area contributed by atoms with Gasteiger partial charge in [0.2, 0.25) is 5.91 Å². The lowest BCUT2D eigenvalue weighted by Crippen LogP contribution is -2.38. The Balaban J connectivity index is 1.76. The molecule has 0 aliphatic heterocycles. The standard InChI is InChI=1S/C18H25F3N4O/c1-2-22-17(23-11-3-4-16(26)25-15-9-10-15)24-12-13-5-7-14(8-6-13)18(19,20)21/h5-8,15H,2-4,9-12H2,1H3,(H,25,26)(H2,22,23,24). The minimum absolute atomic E-state index is 0.0704. The Morgan fingerprint density at radius 2 is 1.88 bits per heavy atom. The molecule has 1 aliphatic rings. The maximum Gasteiger partial charge on any atom is 0.416 e.